The van der Waals surface area contributed by atoms with E-state index >= 15 is 0 Å². The van der Waals surface area contributed by atoms with Gasteiger partial charge in [0.05, 0.1) is 22.7 Å². The number of methoxy groups -OCH3 is 1. The SMILES string of the molecule is COC1CCN(CCCCc2nc(CCl)cs2)CC1. The van der Waals surface area contributed by atoms with Crippen molar-refractivity contribution in [2.45, 2.75) is 44.1 Å². The molecule has 0 atom stereocenters. The molecule has 0 amide bonds. The Hall–Kier alpha value is -0.160. The molecule has 1 aliphatic heterocycles. The smallest absolute Gasteiger partial charge is 0.0928 e. The first-order valence-electron chi connectivity index (χ1n) is 7.06. The summed E-state index contributed by atoms with van der Waals surface area (Å²) in [4.78, 5) is 7.05. The molecule has 0 spiro atoms. The lowest BCUT2D eigenvalue weighted by atomic mass is 10.1. The van der Waals surface area contributed by atoms with Crippen molar-refractivity contribution in [2.24, 2.45) is 0 Å². The predicted octanol–water partition coefficient (Wildman–Crippen LogP) is 3.32. The summed E-state index contributed by atoms with van der Waals surface area (Å²) in [6.45, 7) is 3.59. The maximum atomic E-state index is 5.75. The van der Waals surface area contributed by atoms with Gasteiger partial charge in [0.15, 0.2) is 0 Å². The van der Waals surface area contributed by atoms with Gasteiger partial charge in [0, 0.05) is 25.6 Å². The van der Waals surface area contributed by atoms with Crippen LogP contribution in [0.4, 0.5) is 0 Å². The molecule has 108 valence electrons. The average Bonchev–Trinajstić information content (AvgIpc) is 2.92. The molecule has 1 saturated heterocycles. The third-order valence-electron chi connectivity index (χ3n) is 3.72. The number of likely N-dealkylation sites (tertiary alicyclic amines) is 1. The molecule has 2 heterocycles. The molecule has 0 unspecified atom stereocenters. The number of thiazole rings is 1. The van der Waals surface area contributed by atoms with Crippen molar-refractivity contribution in [1.82, 2.24) is 9.88 Å². The Balaban J connectivity index is 1.57. The molecule has 3 nitrogen and oxygen atoms in total. The number of unbranched alkanes of at least 4 members (excludes halogenated alkanes) is 1. The Kier molecular flexibility index (Phi) is 6.57. The van der Waals surface area contributed by atoms with Gasteiger partial charge in [0.1, 0.15) is 0 Å². The number of piperidine rings is 1. The quantitative estimate of drug-likeness (QED) is 0.571. The number of rotatable bonds is 7. The number of hydrogen-bond acceptors (Lipinski definition) is 4. The van der Waals surface area contributed by atoms with E-state index in [-0.39, 0.29) is 0 Å². The van der Waals surface area contributed by atoms with Crippen molar-refractivity contribution >= 4 is 22.9 Å². The van der Waals surface area contributed by atoms with Gasteiger partial charge < -0.3 is 9.64 Å². The first-order valence-corrected chi connectivity index (χ1v) is 8.47. The number of nitrogens with zero attached hydrogens (tertiary/aromatic N) is 2. The maximum Gasteiger partial charge on any atom is 0.0928 e. The van der Waals surface area contributed by atoms with Crippen molar-refractivity contribution in [3.8, 4) is 0 Å². The van der Waals surface area contributed by atoms with Gasteiger partial charge in [0.25, 0.3) is 0 Å². The van der Waals surface area contributed by atoms with Crippen molar-refractivity contribution in [2.75, 3.05) is 26.7 Å². The molecule has 1 aromatic rings. The monoisotopic (exact) mass is 302 g/mol. The summed E-state index contributed by atoms with van der Waals surface area (Å²) in [7, 11) is 1.82. The highest BCUT2D eigenvalue weighted by molar-refractivity contribution is 7.09. The molecule has 19 heavy (non-hydrogen) atoms. The topological polar surface area (TPSA) is 25.4 Å². The van der Waals surface area contributed by atoms with Crippen LogP contribution in [0.15, 0.2) is 5.38 Å². The van der Waals surface area contributed by atoms with E-state index < -0.39 is 0 Å². The van der Waals surface area contributed by atoms with Gasteiger partial charge in [-0.05, 0) is 38.6 Å². The van der Waals surface area contributed by atoms with Crippen LogP contribution in [0.3, 0.4) is 0 Å². The molecule has 1 aliphatic rings. The fourth-order valence-electron chi connectivity index (χ4n) is 2.51. The van der Waals surface area contributed by atoms with Crippen molar-refractivity contribution in [1.29, 1.82) is 0 Å². The Morgan fingerprint density at radius 3 is 2.84 bits per heavy atom. The van der Waals surface area contributed by atoms with Crippen molar-refractivity contribution in [3.05, 3.63) is 16.1 Å². The van der Waals surface area contributed by atoms with Gasteiger partial charge in [-0.25, -0.2) is 4.98 Å². The highest BCUT2D eigenvalue weighted by Gasteiger charge is 2.17. The molecule has 5 heteroatoms. The van der Waals surface area contributed by atoms with Gasteiger partial charge in [-0.1, -0.05) is 0 Å². The van der Waals surface area contributed by atoms with Crippen LogP contribution < -0.4 is 0 Å². The lowest BCUT2D eigenvalue weighted by molar-refractivity contribution is 0.0407. The second-order valence-corrected chi connectivity index (χ2v) is 6.31. The minimum absolute atomic E-state index is 0.487. The molecule has 0 bridgehead atoms. The highest BCUT2D eigenvalue weighted by Crippen LogP contribution is 2.16. The second kappa shape index (κ2) is 8.20. The van der Waals surface area contributed by atoms with Crippen molar-refractivity contribution < 1.29 is 4.74 Å². The molecule has 0 aromatic carbocycles. The molecule has 1 fully saturated rings. The van der Waals surface area contributed by atoms with Crippen LogP contribution in [-0.2, 0) is 17.0 Å². The zero-order chi connectivity index (χ0) is 13.5. The first kappa shape index (κ1) is 15.2. The van der Waals surface area contributed by atoms with E-state index in [9.17, 15) is 0 Å². The maximum absolute atomic E-state index is 5.75. The summed E-state index contributed by atoms with van der Waals surface area (Å²) in [5, 5.41) is 3.30. The number of alkyl halides is 1. The van der Waals surface area contributed by atoms with Gasteiger partial charge >= 0.3 is 0 Å². The molecule has 0 aliphatic carbocycles. The summed E-state index contributed by atoms with van der Waals surface area (Å²) >= 11 is 7.49. The molecule has 0 N–H and O–H groups in total. The molecule has 1 aromatic heterocycles. The van der Waals surface area contributed by atoms with Gasteiger partial charge in [-0.3, -0.25) is 0 Å². The Bertz CT molecular complexity index is 364. The third-order valence-corrected chi connectivity index (χ3v) is 4.95. The largest absolute Gasteiger partial charge is 0.381 e. The molecule has 0 saturated carbocycles. The van der Waals surface area contributed by atoms with Crippen LogP contribution in [0.5, 0.6) is 0 Å². The summed E-state index contributed by atoms with van der Waals surface area (Å²) in [6.07, 6.45) is 6.42. The fourth-order valence-corrected chi connectivity index (χ4v) is 3.57. The number of ether oxygens (including phenoxy) is 1. The zero-order valence-corrected chi connectivity index (χ0v) is 13.2. The normalized spacial score (nSPS) is 18.0. The van der Waals surface area contributed by atoms with Gasteiger partial charge in [0.2, 0.25) is 0 Å². The summed E-state index contributed by atoms with van der Waals surface area (Å²) < 4.78 is 5.39. The number of aryl methyl sites for hydroxylation is 1. The number of halogens is 1. The Morgan fingerprint density at radius 1 is 1.42 bits per heavy atom. The minimum Gasteiger partial charge on any atom is -0.381 e. The van der Waals surface area contributed by atoms with Crippen LogP contribution in [-0.4, -0.2) is 42.7 Å². The average molecular weight is 303 g/mol. The van der Waals surface area contributed by atoms with E-state index in [2.05, 4.69) is 15.3 Å². The van der Waals surface area contributed by atoms with Crippen LogP contribution in [0.2, 0.25) is 0 Å². The van der Waals surface area contributed by atoms with E-state index in [1.54, 1.807) is 11.3 Å². The van der Waals surface area contributed by atoms with Gasteiger partial charge in [-0.15, -0.1) is 22.9 Å². The third kappa shape index (κ3) is 5.03. The Labute approximate surface area is 124 Å². The van der Waals surface area contributed by atoms with E-state index in [0.29, 0.717) is 12.0 Å². The van der Waals surface area contributed by atoms with Crippen LogP contribution >= 0.6 is 22.9 Å². The first-order chi connectivity index (χ1) is 9.31. The predicted molar refractivity (Wildman–Crippen MR) is 81.1 cm³/mol. The lowest BCUT2D eigenvalue weighted by Gasteiger charge is -2.31. The molecular formula is C14H23ClN2OS. The van der Waals surface area contributed by atoms with Crippen LogP contribution in [0, 0.1) is 0 Å². The standard InChI is InChI=1S/C14H23ClN2OS/c1-18-13-5-8-17(9-6-13)7-3-2-4-14-16-12(10-15)11-19-14/h11,13H,2-10H2,1H3. The summed E-state index contributed by atoms with van der Waals surface area (Å²) in [6, 6.07) is 0. The lowest BCUT2D eigenvalue weighted by Crippen LogP contribution is -2.37. The minimum atomic E-state index is 0.487. The molecule has 2 rings (SSSR count). The van der Waals surface area contributed by atoms with E-state index in [4.69, 9.17) is 16.3 Å². The van der Waals surface area contributed by atoms with Crippen LogP contribution in [0.1, 0.15) is 36.4 Å². The Morgan fingerprint density at radius 2 is 2.21 bits per heavy atom. The van der Waals surface area contributed by atoms with Gasteiger partial charge in [-0.2, -0.15) is 0 Å². The number of hydrogen-bond donors (Lipinski definition) is 0. The fraction of sp³-hybridized carbons (Fsp3) is 0.786. The zero-order valence-electron chi connectivity index (χ0n) is 11.6. The molecule has 0 radical (unpaired) electrons. The highest BCUT2D eigenvalue weighted by atomic mass is 35.5. The van der Waals surface area contributed by atoms with Crippen molar-refractivity contribution in [3.63, 3.8) is 0 Å². The van der Waals surface area contributed by atoms with E-state index in [1.807, 2.05) is 7.11 Å². The second-order valence-electron chi connectivity index (χ2n) is 5.10. The van der Waals surface area contributed by atoms with E-state index in [1.165, 1.54) is 50.3 Å². The van der Waals surface area contributed by atoms with Crippen LogP contribution in [0.25, 0.3) is 0 Å². The summed E-state index contributed by atoms with van der Waals surface area (Å²) in [5.41, 5.74) is 1.02. The number of aromatic nitrogens is 1. The molecular weight excluding hydrogens is 280 g/mol. The van der Waals surface area contributed by atoms with E-state index in [0.717, 1.165) is 12.1 Å². The summed E-state index contributed by atoms with van der Waals surface area (Å²) in [5.74, 6) is 0.533.